The largest absolute Gasteiger partial charge is 0.328 e. The minimum Gasteiger partial charge on any atom is -0.328 e. The van der Waals surface area contributed by atoms with Crippen LogP contribution in [0.5, 0.6) is 0 Å². The third-order valence-corrected chi connectivity index (χ3v) is 2.52. The smallest absolute Gasteiger partial charge is 0.140 e. The Kier molecular flexibility index (Phi) is 2.73. The van der Waals surface area contributed by atoms with Crippen molar-refractivity contribution in [1.29, 1.82) is 0 Å². The molecule has 15 heavy (non-hydrogen) atoms. The number of hydrogen-bond donors (Lipinski definition) is 1. The first-order valence-electron chi connectivity index (χ1n) is 5.41. The molecule has 3 nitrogen and oxygen atoms in total. The summed E-state index contributed by atoms with van der Waals surface area (Å²) in [6.07, 6.45) is 5.97. The number of rotatable bonds is 3. The van der Waals surface area contributed by atoms with Gasteiger partial charge in [-0.25, -0.2) is 4.98 Å². The maximum atomic E-state index is 5.82. The first kappa shape index (κ1) is 10.2. The van der Waals surface area contributed by atoms with Gasteiger partial charge in [-0.3, -0.25) is 0 Å². The van der Waals surface area contributed by atoms with Crippen LogP contribution in [0.25, 0.3) is 5.65 Å². The van der Waals surface area contributed by atoms with Gasteiger partial charge in [-0.05, 0) is 31.4 Å². The van der Waals surface area contributed by atoms with E-state index in [1.807, 2.05) is 19.2 Å². The third-order valence-electron chi connectivity index (χ3n) is 2.52. The standard InChI is InChI=1S/C12H17N3/c1-3-11-8-15-6-4-5-10(7-9(2)13)12(15)14-11/h4-6,8-9H,3,7,13H2,1-2H3. The van der Waals surface area contributed by atoms with Crippen LogP contribution in [0.3, 0.4) is 0 Å². The van der Waals surface area contributed by atoms with Gasteiger partial charge < -0.3 is 10.1 Å². The molecule has 2 N–H and O–H groups in total. The van der Waals surface area contributed by atoms with Crippen molar-refractivity contribution in [1.82, 2.24) is 9.38 Å². The van der Waals surface area contributed by atoms with Crippen LogP contribution in [0.15, 0.2) is 24.5 Å². The van der Waals surface area contributed by atoms with Gasteiger partial charge in [-0.15, -0.1) is 0 Å². The summed E-state index contributed by atoms with van der Waals surface area (Å²) < 4.78 is 2.08. The summed E-state index contributed by atoms with van der Waals surface area (Å²) in [6.45, 7) is 4.14. The Morgan fingerprint density at radius 1 is 1.53 bits per heavy atom. The average molecular weight is 203 g/mol. The molecule has 1 unspecified atom stereocenters. The molecule has 0 amide bonds. The SMILES string of the molecule is CCc1cn2cccc(CC(C)N)c2n1. The molecule has 2 aromatic heterocycles. The molecule has 0 fully saturated rings. The van der Waals surface area contributed by atoms with Gasteiger partial charge in [0.25, 0.3) is 0 Å². The molecule has 2 rings (SSSR count). The highest BCUT2D eigenvalue weighted by atomic mass is 15.0. The summed E-state index contributed by atoms with van der Waals surface area (Å²) in [5.41, 5.74) is 9.23. The summed E-state index contributed by atoms with van der Waals surface area (Å²) in [6, 6.07) is 4.33. The average Bonchev–Trinajstić information content (AvgIpc) is 2.61. The van der Waals surface area contributed by atoms with Crippen LogP contribution in [0, 0.1) is 0 Å². The number of nitrogens with zero attached hydrogens (tertiary/aromatic N) is 2. The molecule has 0 saturated carbocycles. The normalized spacial score (nSPS) is 13.3. The lowest BCUT2D eigenvalue weighted by molar-refractivity contribution is 0.738. The highest BCUT2D eigenvalue weighted by Gasteiger charge is 2.06. The summed E-state index contributed by atoms with van der Waals surface area (Å²) in [4.78, 5) is 4.59. The van der Waals surface area contributed by atoms with Crippen LogP contribution in [0.2, 0.25) is 0 Å². The van der Waals surface area contributed by atoms with Gasteiger partial charge in [0.15, 0.2) is 0 Å². The quantitative estimate of drug-likeness (QED) is 0.826. The molecule has 0 aliphatic heterocycles. The van der Waals surface area contributed by atoms with Gasteiger partial charge in [0, 0.05) is 18.4 Å². The lowest BCUT2D eigenvalue weighted by Gasteiger charge is -2.05. The van der Waals surface area contributed by atoms with Crippen molar-refractivity contribution in [2.24, 2.45) is 5.73 Å². The monoisotopic (exact) mass is 203 g/mol. The molecule has 0 aliphatic rings. The molecule has 2 aromatic rings. The van der Waals surface area contributed by atoms with Crippen LogP contribution in [0.4, 0.5) is 0 Å². The zero-order valence-corrected chi connectivity index (χ0v) is 9.27. The highest BCUT2D eigenvalue weighted by molar-refractivity contribution is 5.49. The van der Waals surface area contributed by atoms with Crippen molar-refractivity contribution in [2.45, 2.75) is 32.7 Å². The van der Waals surface area contributed by atoms with Gasteiger partial charge in [0.1, 0.15) is 5.65 Å². The number of aryl methyl sites for hydroxylation is 1. The summed E-state index contributed by atoms with van der Waals surface area (Å²) >= 11 is 0. The van der Waals surface area contributed by atoms with Crippen LogP contribution in [-0.4, -0.2) is 15.4 Å². The van der Waals surface area contributed by atoms with E-state index in [1.165, 1.54) is 5.56 Å². The van der Waals surface area contributed by atoms with E-state index >= 15 is 0 Å². The minimum absolute atomic E-state index is 0.179. The predicted octanol–water partition coefficient (Wildman–Crippen LogP) is 1.79. The summed E-state index contributed by atoms with van der Waals surface area (Å²) in [7, 11) is 0. The Labute approximate surface area is 89.9 Å². The van der Waals surface area contributed by atoms with E-state index in [4.69, 9.17) is 5.73 Å². The fourth-order valence-electron chi connectivity index (χ4n) is 1.80. The van der Waals surface area contributed by atoms with Gasteiger partial charge in [0.2, 0.25) is 0 Å². The van der Waals surface area contributed by atoms with Crippen molar-refractivity contribution in [2.75, 3.05) is 0 Å². The highest BCUT2D eigenvalue weighted by Crippen LogP contribution is 2.13. The molecule has 2 heterocycles. The Bertz CT molecular complexity index is 457. The molecule has 0 bridgehead atoms. The van der Waals surface area contributed by atoms with E-state index in [9.17, 15) is 0 Å². The van der Waals surface area contributed by atoms with Crippen molar-refractivity contribution in [3.8, 4) is 0 Å². The molecule has 0 radical (unpaired) electrons. The number of pyridine rings is 1. The van der Waals surface area contributed by atoms with E-state index < -0.39 is 0 Å². The molecular weight excluding hydrogens is 186 g/mol. The van der Waals surface area contributed by atoms with E-state index in [1.54, 1.807) is 0 Å². The summed E-state index contributed by atoms with van der Waals surface area (Å²) in [5.74, 6) is 0. The van der Waals surface area contributed by atoms with Crippen molar-refractivity contribution in [3.63, 3.8) is 0 Å². The van der Waals surface area contributed by atoms with Gasteiger partial charge in [-0.1, -0.05) is 13.0 Å². The fraction of sp³-hybridized carbons (Fsp3) is 0.417. The van der Waals surface area contributed by atoms with Crippen molar-refractivity contribution in [3.05, 3.63) is 35.8 Å². The molecular formula is C12H17N3. The number of aromatic nitrogens is 2. The first-order valence-corrected chi connectivity index (χ1v) is 5.41. The van der Waals surface area contributed by atoms with Crippen molar-refractivity contribution < 1.29 is 0 Å². The van der Waals surface area contributed by atoms with E-state index in [-0.39, 0.29) is 6.04 Å². The second kappa shape index (κ2) is 4.03. The molecule has 0 aliphatic carbocycles. The minimum atomic E-state index is 0.179. The molecule has 0 saturated heterocycles. The topological polar surface area (TPSA) is 43.3 Å². The lowest BCUT2D eigenvalue weighted by Crippen LogP contribution is -2.18. The molecule has 0 aromatic carbocycles. The van der Waals surface area contributed by atoms with E-state index in [0.717, 1.165) is 24.2 Å². The maximum Gasteiger partial charge on any atom is 0.140 e. The van der Waals surface area contributed by atoms with Gasteiger partial charge in [-0.2, -0.15) is 0 Å². The third kappa shape index (κ3) is 2.02. The van der Waals surface area contributed by atoms with Gasteiger partial charge >= 0.3 is 0 Å². The number of hydrogen-bond acceptors (Lipinski definition) is 2. The van der Waals surface area contributed by atoms with E-state index in [2.05, 4.69) is 28.6 Å². The van der Waals surface area contributed by atoms with Gasteiger partial charge in [0.05, 0.1) is 5.69 Å². The van der Waals surface area contributed by atoms with Crippen LogP contribution >= 0.6 is 0 Å². The van der Waals surface area contributed by atoms with E-state index in [0.29, 0.717) is 0 Å². The Hall–Kier alpha value is -1.35. The maximum absolute atomic E-state index is 5.82. The Balaban J connectivity index is 2.49. The summed E-state index contributed by atoms with van der Waals surface area (Å²) in [5, 5.41) is 0. The Morgan fingerprint density at radius 2 is 2.33 bits per heavy atom. The second-order valence-corrected chi connectivity index (χ2v) is 4.03. The Morgan fingerprint density at radius 3 is 3.00 bits per heavy atom. The van der Waals surface area contributed by atoms with Crippen LogP contribution in [0.1, 0.15) is 25.1 Å². The molecule has 3 heteroatoms. The molecule has 1 atom stereocenters. The predicted molar refractivity (Wildman–Crippen MR) is 61.9 cm³/mol. The van der Waals surface area contributed by atoms with Crippen molar-refractivity contribution >= 4 is 5.65 Å². The van der Waals surface area contributed by atoms with Crippen LogP contribution < -0.4 is 5.73 Å². The molecule has 0 spiro atoms. The zero-order chi connectivity index (χ0) is 10.8. The number of imidazole rings is 1. The first-order chi connectivity index (χ1) is 7.20. The van der Waals surface area contributed by atoms with Crippen LogP contribution in [-0.2, 0) is 12.8 Å². The number of fused-ring (bicyclic) bond motifs is 1. The second-order valence-electron chi connectivity index (χ2n) is 4.03. The fourth-order valence-corrected chi connectivity index (χ4v) is 1.80. The molecule has 80 valence electrons. The number of nitrogens with two attached hydrogens (primary N) is 1. The zero-order valence-electron chi connectivity index (χ0n) is 9.27. The lowest BCUT2D eigenvalue weighted by atomic mass is 10.1.